The van der Waals surface area contributed by atoms with E-state index in [9.17, 15) is 4.79 Å². The number of likely N-dealkylation sites (N-methyl/N-ethyl adjacent to an activating group) is 1. The molecule has 1 aliphatic rings. The van der Waals surface area contributed by atoms with Crippen molar-refractivity contribution in [1.82, 2.24) is 5.32 Å². The monoisotopic (exact) mass is 250 g/mol. The second-order valence-electron chi connectivity index (χ2n) is 4.26. The van der Waals surface area contributed by atoms with Crippen LogP contribution in [0.15, 0.2) is 18.2 Å². The maximum absolute atomic E-state index is 11.4. The van der Waals surface area contributed by atoms with Gasteiger partial charge in [0.05, 0.1) is 19.3 Å². The number of fused-ring (bicyclic) bond motifs is 1. The molecule has 0 fully saturated rings. The largest absolute Gasteiger partial charge is 0.490 e. The maximum atomic E-state index is 11.4. The first-order valence-electron chi connectivity index (χ1n) is 6.06. The van der Waals surface area contributed by atoms with E-state index in [0.717, 1.165) is 23.5 Å². The van der Waals surface area contributed by atoms with Crippen molar-refractivity contribution in [1.29, 1.82) is 0 Å². The SMILES string of the molecule is CNC(=O)C(N)Cc1ccc2c(c1)OCCCO2. The molecular formula is C13H18N2O3. The van der Waals surface area contributed by atoms with Gasteiger partial charge in [0.25, 0.3) is 0 Å². The maximum Gasteiger partial charge on any atom is 0.237 e. The Morgan fingerprint density at radius 2 is 2.11 bits per heavy atom. The molecule has 1 aromatic carbocycles. The lowest BCUT2D eigenvalue weighted by atomic mass is 10.1. The second-order valence-corrected chi connectivity index (χ2v) is 4.26. The topological polar surface area (TPSA) is 73.6 Å². The number of ether oxygens (including phenoxy) is 2. The smallest absolute Gasteiger partial charge is 0.237 e. The molecule has 3 N–H and O–H groups in total. The van der Waals surface area contributed by atoms with Gasteiger partial charge < -0.3 is 20.5 Å². The number of carbonyl (C=O) groups is 1. The van der Waals surface area contributed by atoms with Gasteiger partial charge in [-0.05, 0) is 24.1 Å². The highest BCUT2D eigenvalue weighted by atomic mass is 16.5. The lowest BCUT2D eigenvalue weighted by molar-refractivity contribution is -0.121. The van der Waals surface area contributed by atoms with Crippen LogP contribution in [0.4, 0.5) is 0 Å². The third kappa shape index (κ3) is 2.92. The summed E-state index contributed by atoms with van der Waals surface area (Å²) in [6.07, 6.45) is 1.36. The van der Waals surface area contributed by atoms with E-state index in [1.54, 1.807) is 7.05 Å². The summed E-state index contributed by atoms with van der Waals surface area (Å²) in [6.45, 7) is 1.32. The summed E-state index contributed by atoms with van der Waals surface area (Å²) in [5.41, 5.74) is 6.75. The first kappa shape index (κ1) is 12.7. The van der Waals surface area contributed by atoms with Crippen LogP contribution in [0, 0.1) is 0 Å². The molecule has 0 saturated heterocycles. The molecule has 5 nitrogen and oxygen atoms in total. The van der Waals surface area contributed by atoms with Gasteiger partial charge in [-0.3, -0.25) is 4.79 Å². The van der Waals surface area contributed by atoms with Crippen LogP contribution in [0.2, 0.25) is 0 Å². The zero-order valence-electron chi connectivity index (χ0n) is 10.4. The van der Waals surface area contributed by atoms with Crippen molar-refractivity contribution in [3.8, 4) is 11.5 Å². The van der Waals surface area contributed by atoms with Gasteiger partial charge in [0.1, 0.15) is 0 Å². The van der Waals surface area contributed by atoms with Crippen molar-refractivity contribution < 1.29 is 14.3 Å². The number of benzene rings is 1. The molecule has 1 aromatic rings. The molecule has 0 saturated carbocycles. The predicted molar refractivity (Wildman–Crippen MR) is 67.8 cm³/mol. The second kappa shape index (κ2) is 5.73. The van der Waals surface area contributed by atoms with Crippen LogP contribution in [0.25, 0.3) is 0 Å². The van der Waals surface area contributed by atoms with E-state index in [-0.39, 0.29) is 5.91 Å². The summed E-state index contributed by atoms with van der Waals surface area (Å²) in [5, 5.41) is 2.54. The van der Waals surface area contributed by atoms with Crippen LogP contribution in [0.5, 0.6) is 11.5 Å². The molecule has 18 heavy (non-hydrogen) atoms. The number of nitrogens with one attached hydrogen (secondary N) is 1. The lowest BCUT2D eigenvalue weighted by Crippen LogP contribution is -2.40. The molecule has 0 radical (unpaired) electrons. The molecule has 0 spiro atoms. The van der Waals surface area contributed by atoms with Gasteiger partial charge >= 0.3 is 0 Å². The summed E-state index contributed by atoms with van der Waals surface area (Å²) >= 11 is 0. The lowest BCUT2D eigenvalue weighted by Gasteiger charge is -2.12. The van der Waals surface area contributed by atoms with E-state index < -0.39 is 6.04 Å². The van der Waals surface area contributed by atoms with Gasteiger partial charge in [-0.2, -0.15) is 0 Å². The van der Waals surface area contributed by atoms with Crippen molar-refractivity contribution in [2.24, 2.45) is 5.73 Å². The van der Waals surface area contributed by atoms with Crippen molar-refractivity contribution in [3.05, 3.63) is 23.8 Å². The molecule has 2 rings (SSSR count). The third-order valence-corrected chi connectivity index (χ3v) is 2.85. The Bertz CT molecular complexity index is 434. The van der Waals surface area contributed by atoms with E-state index >= 15 is 0 Å². The minimum Gasteiger partial charge on any atom is -0.490 e. The van der Waals surface area contributed by atoms with Gasteiger partial charge in [-0.15, -0.1) is 0 Å². The molecule has 1 amide bonds. The Balaban J connectivity index is 2.10. The Morgan fingerprint density at radius 1 is 1.39 bits per heavy atom. The van der Waals surface area contributed by atoms with Crippen molar-refractivity contribution in [2.45, 2.75) is 18.9 Å². The highest BCUT2D eigenvalue weighted by molar-refractivity contribution is 5.81. The number of hydrogen-bond donors (Lipinski definition) is 2. The van der Waals surface area contributed by atoms with E-state index in [1.165, 1.54) is 0 Å². The minimum atomic E-state index is -0.542. The normalized spacial score (nSPS) is 15.7. The number of rotatable bonds is 3. The summed E-state index contributed by atoms with van der Waals surface area (Å²) in [4.78, 5) is 11.4. The van der Waals surface area contributed by atoms with Crippen LogP contribution in [-0.2, 0) is 11.2 Å². The van der Waals surface area contributed by atoms with E-state index in [2.05, 4.69) is 5.32 Å². The van der Waals surface area contributed by atoms with Crippen LogP contribution >= 0.6 is 0 Å². The Hall–Kier alpha value is -1.75. The van der Waals surface area contributed by atoms with Gasteiger partial charge in [0, 0.05) is 13.5 Å². The van der Waals surface area contributed by atoms with Gasteiger partial charge in [-0.1, -0.05) is 6.07 Å². The molecule has 0 aliphatic carbocycles. The zero-order valence-corrected chi connectivity index (χ0v) is 10.4. The van der Waals surface area contributed by atoms with Crippen molar-refractivity contribution in [2.75, 3.05) is 20.3 Å². The van der Waals surface area contributed by atoms with Gasteiger partial charge in [0.15, 0.2) is 11.5 Å². The Kier molecular flexibility index (Phi) is 4.04. The molecule has 0 bridgehead atoms. The highest BCUT2D eigenvalue weighted by Crippen LogP contribution is 2.30. The van der Waals surface area contributed by atoms with E-state index in [1.807, 2.05) is 18.2 Å². The quantitative estimate of drug-likeness (QED) is 0.817. The Labute approximate surface area is 106 Å². The summed E-state index contributed by atoms with van der Waals surface area (Å²) in [7, 11) is 1.58. The predicted octanol–water partition coefficient (Wildman–Crippen LogP) is 0.464. The zero-order chi connectivity index (χ0) is 13.0. The molecular weight excluding hydrogens is 232 g/mol. The average Bonchev–Trinajstić information content (AvgIpc) is 2.62. The van der Waals surface area contributed by atoms with E-state index in [4.69, 9.17) is 15.2 Å². The number of carbonyl (C=O) groups excluding carboxylic acids is 1. The molecule has 1 heterocycles. The molecule has 1 unspecified atom stereocenters. The fourth-order valence-electron chi connectivity index (χ4n) is 1.87. The van der Waals surface area contributed by atoms with Gasteiger partial charge in [-0.25, -0.2) is 0 Å². The third-order valence-electron chi connectivity index (χ3n) is 2.85. The number of nitrogens with two attached hydrogens (primary N) is 1. The average molecular weight is 250 g/mol. The van der Waals surface area contributed by atoms with E-state index in [0.29, 0.717) is 19.6 Å². The Morgan fingerprint density at radius 3 is 2.83 bits per heavy atom. The van der Waals surface area contributed by atoms with Crippen LogP contribution in [0.1, 0.15) is 12.0 Å². The summed E-state index contributed by atoms with van der Waals surface area (Å²) in [5.74, 6) is 1.32. The summed E-state index contributed by atoms with van der Waals surface area (Å²) in [6, 6.07) is 5.13. The standard InChI is InChI=1S/C13H18N2O3/c1-15-13(16)10(14)7-9-3-4-11-12(8-9)18-6-2-5-17-11/h3-4,8,10H,2,5-7,14H2,1H3,(H,15,16). The first-order valence-corrected chi connectivity index (χ1v) is 6.06. The first-order chi connectivity index (χ1) is 8.70. The summed E-state index contributed by atoms with van der Waals surface area (Å²) < 4.78 is 11.1. The molecule has 98 valence electrons. The van der Waals surface area contributed by atoms with Gasteiger partial charge in [0.2, 0.25) is 5.91 Å². The highest BCUT2D eigenvalue weighted by Gasteiger charge is 2.15. The van der Waals surface area contributed by atoms with Crippen LogP contribution in [-0.4, -0.2) is 32.2 Å². The van der Waals surface area contributed by atoms with Crippen LogP contribution < -0.4 is 20.5 Å². The molecule has 1 atom stereocenters. The number of hydrogen-bond acceptors (Lipinski definition) is 4. The van der Waals surface area contributed by atoms with Crippen LogP contribution in [0.3, 0.4) is 0 Å². The fourth-order valence-corrected chi connectivity index (χ4v) is 1.87. The number of amides is 1. The van der Waals surface area contributed by atoms with Crippen molar-refractivity contribution in [3.63, 3.8) is 0 Å². The van der Waals surface area contributed by atoms with Crippen molar-refractivity contribution >= 4 is 5.91 Å². The molecule has 5 heteroatoms. The molecule has 0 aromatic heterocycles. The molecule has 1 aliphatic heterocycles. The fraction of sp³-hybridized carbons (Fsp3) is 0.462. The minimum absolute atomic E-state index is 0.165.